The van der Waals surface area contributed by atoms with E-state index in [2.05, 4.69) is 89.9 Å². The van der Waals surface area contributed by atoms with Crippen molar-refractivity contribution in [2.24, 2.45) is 0 Å². The number of hydrogen-bond donors (Lipinski definition) is 1. The number of pyridine rings is 1. The topological polar surface area (TPSA) is 28.7 Å². The van der Waals surface area contributed by atoms with E-state index in [0.717, 1.165) is 17.8 Å². The average Bonchev–Trinajstić information content (AvgIpc) is 3.31. The second kappa shape index (κ2) is 5.93. The third-order valence-corrected chi connectivity index (χ3v) is 5.73. The fourth-order valence-electron chi connectivity index (χ4n) is 4.47. The average molecular weight is 358 g/mol. The summed E-state index contributed by atoms with van der Waals surface area (Å²) in [5, 5.41) is 2.39. The van der Waals surface area contributed by atoms with Crippen molar-refractivity contribution in [2.75, 3.05) is 0 Å². The number of nitrogens with one attached hydrogen (secondary N) is 1. The van der Waals surface area contributed by atoms with E-state index in [4.69, 9.17) is 4.98 Å². The van der Waals surface area contributed by atoms with E-state index >= 15 is 0 Å². The standard InChI is InChI=1S/C26H18N2/c1-2-9-18(10-3-1)24-22-16-19-11-5-6-12-20(19)23(22)26(28-24)25-21-13-7-4-8-17(21)14-15-27-25/h1-15,28H,16H2. The number of aromatic nitrogens is 2. The van der Waals surface area contributed by atoms with E-state index in [9.17, 15) is 0 Å². The van der Waals surface area contributed by atoms with Crippen LogP contribution in [0.5, 0.6) is 0 Å². The Bertz CT molecular complexity index is 1320. The Morgan fingerprint density at radius 3 is 2.43 bits per heavy atom. The Balaban J connectivity index is 1.70. The molecule has 6 rings (SSSR count). The van der Waals surface area contributed by atoms with Crippen LogP contribution in [-0.4, -0.2) is 9.97 Å². The molecule has 2 heterocycles. The van der Waals surface area contributed by atoms with Crippen molar-refractivity contribution in [2.45, 2.75) is 6.42 Å². The lowest BCUT2D eigenvalue weighted by Crippen LogP contribution is -1.90. The van der Waals surface area contributed by atoms with Gasteiger partial charge in [-0.05, 0) is 33.7 Å². The summed E-state index contributed by atoms with van der Waals surface area (Å²) in [6, 6.07) is 29.9. The molecule has 2 heteroatoms. The van der Waals surface area contributed by atoms with Crippen LogP contribution in [0.1, 0.15) is 11.1 Å². The number of H-pyrrole nitrogens is 1. The Kier molecular flexibility index (Phi) is 3.26. The first kappa shape index (κ1) is 15.4. The van der Waals surface area contributed by atoms with Gasteiger partial charge in [0.15, 0.2) is 0 Å². The Hall–Kier alpha value is -3.65. The summed E-state index contributed by atoms with van der Waals surface area (Å²) in [5.74, 6) is 0. The number of fused-ring (bicyclic) bond motifs is 4. The van der Waals surface area contributed by atoms with Crippen LogP contribution < -0.4 is 0 Å². The first-order valence-electron chi connectivity index (χ1n) is 9.63. The van der Waals surface area contributed by atoms with Crippen LogP contribution in [0.25, 0.3) is 44.5 Å². The van der Waals surface area contributed by atoms with Crippen molar-refractivity contribution in [1.29, 1.82) is 0 Å². The lowest BCUT2D eigenvalue weighted by molar-refractivity contribution is 1.24. The van der Waals surface area contributed by atoms with Crippen molar-refractivity contribution in [3.63, 3.8) is 0 Å². The molecule has 0 radical (unpaired) electrons. The zero-order chi connectivity index (χ0) is 18.5. The summed E-state index contributed by atoms with van der Waals surface area (Å²) < 4.78 is 0. The Morgan fingerprint density at radius 2 is 1.50 bits per heavy atom. The normalized spacial score (nSPS) is 12.1. The van der Waals surface area contributed by atoms with Gasteiger partial charge < -0.3 is 4.98 Å². The minimum Gasteiger partial charge on any atom is -0.352 e. The number of aromatic amines is 1. The highest BCUT2D eigenvalue weighted by Crippen LogP contribution is 2.47. The molecule has 0 unspecified atom stereocenters. The van der Waals surface area contributed by atoms with Gasteiger partial charge in [0.1, 0.15) is 0 Å². The van der Waals surface area contributed by atoms with E-state index < -0.39 is 0 Å². The largest absolute Gasteiger partial charge is 0.352 e. The second-order valence-electron chi connectivity index (χ2n) is 7.31. The highest BCUT2D eigenvalue weighted by atomic mass is 14.8. The predicted octanol–water partition coefficient (Wildman–Crippen LogP) is 6.47. The molecule has 2 nitrogen and oxygen atoms in total. The van der Waals surface area contributed by atoms with Gasteiger partial charge in [-0.3, -0.25) is 4.98 Å². The van der Waals surface area contributed by atoms with Crippen LogP contribution in [0.3, 0.4) is 0 Å². The fourth-order valence-corrected chi connectivity index (χ4v) is 4.47. The van der Waals surface area contributed by atoms with Crippen LogP contribution >= 0.6 is 0 Å². The van der Waals surface area contributed by atoms with Crippen molar-refractivity contribution < 1.29 is 0 Å². The van der Waals surface area contributed by atoms with E-state index in [1.807, 2.05) is 6.20 Å². The quantitative estimate of drug-likeness (QED) is 0.378. The molecule has 1 aliphatic rings. The third kappa shape index (κ3) is 2.18. The molecule has 0 bridgehead atoms. The summed E-state index contributed by atoms with van der Waals surface area (Å²) in [5.41, 5.74) is 9.95. The molecule has 0 atom stereocenters. The van der Waals surface area contributed by atoms with Crippen molar-refractivity contribution in [3.05, 3.63) is 102 Å². The molecule has 0 saturated carbocycles. The summed E-state index contributed by atoms with van der Waals surface area (Å²) in [7, 11) is 0. The SMILES string of the molecule is c1ccc(-c2[nH]c(-c3nccc4ccccc34)c3c2Cc2ccccc2-3)cc1. The van der Waals surface area contributed by atoms with Gasteiger partial charge >= 0.3 is 0 Å². The molecular weight excluding hydrogens is 340 g/mol. The molecule has 0 aliphatic heterocycles. The summed E-state index contributed by atoms with van der Waals surface area (Å²) in [6.07, 6.45) is 2.87. The molecular formula is C26H18N2. The van der Waals surface area contributed by atoms with Crippen LogP contribution in [0.2, 0.25) is 0 Å². The van der Waals surface area contributed by atoms with Crippen molar-refractivity contribution >= 4 is 10.8 Å². The molecule has 0 fully saturated rings. The van der Waals surface area contributed by atoms with Crippen LogP contribution in [-0.2, 0) is 6.42 Å². The highest BCUT2D eigenvalue weighted by Gasteiger charge is 2.28. The first-order valence-corrected chi connectivity index (χ1v) is 9.63. The summed E-state index contributed by atoms with van der Waals surface area (Å²) >= 11 is 0. The maximum atomic E-state index is 4.80. The Labute approximate surface area is 163 Å². The molecule has 3 aromatic carbocycles. The summed E-state index contributed by atoms with van der Waals surface area (Å²) in [6.45, 7) is 0. The monoisotopic (exact) mass is 358 g/mol. The van der Waals surface area contributed by atoms with Gasteiger partial charge in [-0.2, -0.15) is 0 Å². The van der Waals surface area contributed by atoms with Crippen molar-refractivity contribution in [3.8, 4) is 33.8 Å². The first-order chi connectivity index (χ1) is 13.9. The lowest BCUT2D eigenvalue weighted by Gasteiger charge is -2.08. The van der Waals surface area contributed by atoms with E-state index in [0.29, 0.717) is 0 Å². The molecule has 0 saturated heterocycles. The van der Waals surface area contributed by atoms with Gasteiger partial charge in [-0.1, -0.05) is 78.9 Å². The molecule has 0 spiro atoms. The smallest absolute Gasteiger partial charge is 0.0949 e. The van der Waals surface area contributed by atoms with Crippen LogP contribution in [0, 0.1) is 0 Å². The number of hydrogen-bond acceptors (Lipinski definition) is 1. The molecule has 5 aromatic rings. The van der Waals surface area contributed by atoms with E-state index in [1.165, 1.54) is 44.3 Å². The number of nitrogens with zero attached hydrogens (tertiary/aromatic N) is 1. The minimum absolute atomic E-state index is 0.955. The molecule has 28 heavy (non-hydrogen) atoms. The van der Waals surface area contributed by atoms with Gasteiger partial charge in [-0.25, -0.2) is 0 Å². The molecule has 2 aromatic heterocycles. The molecule has 0 amide bonds. The third-order valence-electron chi connectivity index (χ3n) is 5.73. The lowest BCUT2D eigenvalue weighted by atomic mass is 10.0. The zero-order valence-electron chi connectivity index (χ0n) is 15.3. The second-order valence-corrected chi connectivity index (χ2v) is 7.31. The van der Waals surface area contributed by atoms with Crippen LogP contribution in [0.4, 0.5) is 0 Å². The molecule has 1 N–H and O–H groups in total. The predicted molar refractivity (Wildman–Crippen MR) is 115 cm³/mol. The van der Waals surface area contributed by atoms with E-state index in [-0.39, 0.29) is 0 Å². The zero-order valence-corrected chi connectivity index (χ0v) is 15.3. The fraction of sp³-hybridized carbons (Fsp3) is 0.0385. The maximum absolute atomic E-state index is 4.80. The van der Waals surface area contributed by atoms with Gasteiger partial charge in [0, 0.05) is 23.6 Å². The van der Waals surface area contributed by atoms with Gasteiger partial charge in [-0.15, -0.1) is 0 Å². The minimum atomic E-state index is 0.955. The summed E-state index contributed by atoms with van der Waals surface area (Å²) in [4.78, 5) is 8.56. The van der Waals surface area contributed by atoms with Gasteiger partial charge in [0.05, 0.1) is 17.1 Å². The van der Waals surface area contributed by atoms with Gasteiger partial charge in [0.25, 0.3) is 0 Å². The van der Waals surface area contributed by atoms with Crippen molar-refractivity contribution in [1.82, 2.24) is 9.97 Å². The number of rotatable bonds is 2. The van der Waals surface area contributed by atoms with Gasteiger partial charge in [0.2, 0.25) is 0 Å². The molecule has 132 valence electrons. The highest BCUT2D eigenvalue weighted by molar-refractivity contribution is 6.01. The van der Waals surface area contributed by atoms with Crippen LogP contribution in [0.15, 0.2) is 91.1 Å². The molecule has 1 aliphatic carbocycles. The maximum Gasteiger partial charge on any atom is 0.0949 e. The van der Waals surface area contributed by atoms with E-state index in [1.54, 1.807) is 0 Å². The Morgan fingerprint density at radius 1 is 0.714 bits per heavy atom. The number of benzene rings is 3.